The van der Waals surface area contributed by atoms with Crippen LogP contribution in [0.5, 0.6) is 0 Å². The lowest BCUT2D eigenvalue weighted by atomic mass is 10.1. The molecule has 0 aromatic carbocycles. The summed E-state index contributed by atoms with van der Waals surface area (Å²) in [6.07, 6.45) is 23.9. The standard InChI is InChI=1S/C21H33NO2.C2H2/c1-4-6-11-19(5-2)12-7-9-16-22-17-10-8-13-20(21(22)24)15-14-18(3)23;1-2/h5-6,11,13H,4,7-10,12,14-17H2,1-3H3;1-2H/b11-6-,19-5+;. The predicted molar refractivity (Wildman–Crippen MR) is 111 cm³/mol. The monoisotopic (exact) mass is 357 g/mol. The molecule has 3 heteroatoms. The number of amides is 1. The molecule has 26 heavy (non-hydrogen) atoms. The minimum atomic E-state index is 0.144. The Balaban J connectivity index is 0.00000301. The van der Waals surface area contributed by atoms with E-state index in [0.717, 1.165) is 57.2 Å². The molecular weight excluding hydrogens is 322 g/mol. The summed E-state index contributed by atoms with van der Waals surface area (Å²) in [5.41, 5.74) is 2.21. The minimum absolute atomic E-state index is 0.144. The molecule has 0 radical (unpaired) electrons. The second-order valence-electron chi connectivity index (χ2n) is 6.50. The van der Waals surface area contributed by atoms with Crippen molar-refractivity contribution in [3.05, 3.63) is 35.5 Å². The summed E-state index contributed by atoms with van der Waals surface area (Å²) >= 11 is 0. The van der Waals surface area contributed by atoms with Crippen LogP contribution in [0.15, 0.2) is 35.5 Å². The molecule has 1 heterocycles. The number of carbonyl (C=O) groups excluding carboxylic acids is 2. The van der Waals surface area contributed by atoms with Crippen molar-refractivity contribution in [2.45, 2.75) is 72.1 Å². The first kappa shape index (κ1) is 23.9. The Morgan fingerprint density at radius 1 is 1.27 bits per heavy atom. The second-order valence-corrected chi connectivity index (χ2v) is 6.50. The summed E-state index contributed by atoms with van der Waals surface area (Å²) < 4.78 is 0. The zero-order valence-corrected chi connectivity index (χ0v) is 16.8. The predicted octanol–water partition coefficient (Wildman–Crippen LogP) is 5.24. The van der Waals surface area contributed by atoms with E-state index < -0.39 is 0 Å². The van der Waals surface area contributed by atoms with Gasteiger partial charge in [0.2, 0.25) is 5.91 Å². The van der Waals surface area contributed by atoms with E-state index in [9.17, 15) is 9.59 Å². The van der Waals surface area contributed by atoms with Crippen molar-refractivity contribution < 1.29 is 9.59 Å². The van der Waals surface area contributed by atoms with Gasteiger partial charge in [0, 0.05) is 25.1 Å². The molecule has 0 unspecified atom stereocenters. The van der Waals surface area contributed by atoms with Gasteiger partial charge in [-0.25, -0.2) is 0 Å². The van der Waals surface area contributed by atoms with E-state index in [4.69, 9.17) is 0 Å². The van der Waals surface area contributed by atoms with Crippen molar-refractivity contribution in [1.82, 2.24) is 4.90 Å². The topological polar surface area (TPSA) is 37.4 Å². The lowest BCUT2D eigenvalue weighted by Crippen LogP contribution is -2.33. The molecule has 0 spiro atoms. The van der Waals surface area contributed by atoms with Crippen molar-refractivity contribution in [3.63, 3.8) is 0 Å². The van der Waals surface area contributed by atoms with Crippen LogP contribution in [0.2, 0.25) is 0 Å². The Morgan fingerprint density at radius 3 is 2.62 bits per heavy atom. The van der Waals surface area contributed by atoms with Crippen LogP contribution in [-0.2, 0) is 9.59 Å². The third-order valence-corrected chi connectivity index (χ3v) is 4.41. The van der Waals surface area contributed by atoms with E-state index >= 15 is 0 Å². The van der Waals surface area contributed by atoms with Gasteiger partial charge in [0.15, 0.2) is 0 Å². The number of terminal acetylenes is 1. The Labute approximate surface area is 160 Å². The van der Waals surface area contributed by atoms with Crippen LogP contribution in [0.4, 0.5) is 0 Å². The summed E-state index contributed by atoms with van der Waals surface area (Å²) in [5.74, 6) is 0.296. The fraction of sp³-hybridized carbons (Fsp3) is 0.565. The van der Waals surface area contributed by atoms with E-state index in [1.54, 1.807) is 6.92 Å². The minimum Gasteiger partial charge on any atom is -0.339 e. The number of Topliss-reactive ketones (excluding diaryl/α,β-unsaturated/α-hetero) is 1. The highest BCUT2D eigenvalue weighted by molar-refractivity contribution is 5.94. The van der Waals surface area contributed by atoms with Crippen LogP contribution in [0.25, 0.3) is 0 Å². The van der Waals surface area contributed by atoms with Gasteiger partial charge in [-0.3, -0.25) is 4.79 Å². The molecule has 1 rings (SSSR count). The maximum Gasteiger partial charge on any atom is 0.249 e. The normalized spacial score (nSPS) is 15.3. The van der Waals surface area contributed by atoms with Crippen molar-refractivity contribution in [1.29, 1.82) is 0 Å². The van der Waals surface area contributed by atoms with Crippen LogP contribution in [-0.4, -0.2) is 29.7 Å². The van der Waals surface area contributed by atoms with Gasteiger partial charge >= 0.3 is 0 Å². The quantitative estimate of drug-likeness (QED) is 0.305. The Morgan fingerprint density at radius 2 is 2.00 bits per heavy atom. The van der Waals surface area contributed by atoms with Crippen molar-refractivity contribution in [3.8, 4) is 12.8 Å². The number of carbonyl (C=O) groups is 2. The molecule has 1 aliphatic heterocycles. The first-order valence-electron chi connectivity index (χ1n) is 9.71. The Bertz CT molecular complexity index is 538. The number of allylic oxidation sites excluding steroid dienone is 5. The van der Waals surface area contributed by atoms with Crippen LogP contribution in [0, 0.1) is 12.8 Å². The van der Waals surface area contributed by atoms with Gasteiger partial charge in [0.05, 0.1) is 0 Å². The number of ketones is 1. The highest BCUT2D eigenvalue weighted by Crippen LogP contribution is 2.18. The van der Waals surface area contributed by atoms with E-state index in [-0.39, 0.29) is 11.7 Å². The molecule has 0 N–H and O–H groups in total. The Kier molecular flexibility index (Phi) is 14.0. The van der Waals surface area contributed by atoms with Crippen LogP contribution >= 0.6 is 0 Å². The molecule has 0 bridgehead atoms. The summed E-state index contributed by atoms with van der Waals surface area (Å²) in [4.78, 5) is 25.8. The number of hydrogen-bond donors (Lipinski definition) is 0. The molecule has 0 saturated heterocycles. The van der Waals surface area contributed by atoms with E-state index in [0.29, 0.717) is 12.8 Å². The summed E-state index contributed by atoms with van der Waals surface area (Å²) in [7, 11) is 0. The second kappa shape index (κ2) is 15.2. The van der Waals surface area contributed by atoms with Gasteiger partial charge in [-0.1, -0.05) is 36.8 Å². The largest absolute Gasteiger partial charge is 0.339 e. The molecule has 0 fully saturated rings. The SMILES string of the molecule is C#C.C/C=C(\C=C/CC)CCCCN1CCCC=C(CCC(C)=O)C1=O. The molecule has 144 valence electrons. The first-order chi connectivity index (χ1) is 12.6. The number of rotatable bonds is 10. The van der Waals surface area contributed by atoms with Gasteiger partial charge in [0.1, 0.15) is 5.78 Å². The highest BCUT2D eigenvalue weighted by atomic mass is 16.2. The lowest BCUT2D eigenvalue weighted by Gasteiger charge is -2.22. The fourth-order valence-electron chi connectivity index (χ4n) is 2.91. The van der Waals surface area contributed by atoms with Crippen LogP contribution in [0.1, 0.15) is 72.1 Å². The van der Waals surface area contributed by atoms with Gasteiger partial charge in [-0.15, -0.1) is 12.8 Å². The lowest BCUT2D eigenvalue weighted by molar-refractivity contribution is -0.127. The maximum absolute atomic E-state index is 12.6. The molecule has 0 atom stereocenters. The average molecular weight is 358 g/mol. The van der Waals surface area contributed by atoms with E-state index in [1.165, 1.54) is 5.57 Å². The molecule has 1 amide bonds. The molecule has 0 aliphatic carbocycles. The van der Waals surface area contributed by atoms with Crippen LogP contribution in [0.3, 0.4) is 0 Å². The molecule has 3 nitrogen and oxygen atoms in total. The van der Waals surface area contributed by atoms with E-state index in [1.807, 2.05) is 11.0 Å². The molecule has 1 aliphatic rings. The Hall–Kier alpha value is -2.08. The zero-order chi connectivity index (χ0) is 19.8. The molecule has 0 aromatic heterocycles. The van der Waals surface area contributed by atoms with Crippen molar-refractivity contribution in [2.24, 2.45) is 0 Å². The van der Waals surface area contributed by atoms with E-state index in [2.05, 4.69) is 44.9 Å². The fourth-order valence-corrected chi connectivity index (χ4v) is 2.91. The summed E-state index contributed by atoms with van der Waals surface area (Å²) in [6, 6.07) is 0. The van der Waals surface area contributed by atoms with Gasteiger partial charge in [-0.2, -0.15) is 0 Å². The number of hydrogen-bond acceptors (Lipinski definition) is 2. The maximum atomic E-state index is 12.6. The third-order valence-electron chi connectivity index (χ3n) is 4.41. The van der Waals surface area contributed by atoms with Crippen molar-refractivity contribution >= 4 is 11.7 Å². The van der Waals surface area contributed by atoms with Gasteiger partial charge < -0.3 is 9.69 Å². The van der Waals surface area contributed by atoms with Gasteiger partial charge in [0.25, 0.3) is 0 Å². The van der Waals surface area contributed by atoms with Crippen LogP contribution < -0.4 is 0 Å². The molecule has 0 saturated carbocycles. The van der Waals surface area contributed by atoms with Crippen molar-refractivity contribution in [2.75, 3.05) is 13.1 Å². The number of unbranched alkanes of at least 4 members (excludes halogenated alkanes) is 1. The average Bonchev–Trinajstić information content (AvgIpc) is 2.82. The summed E-state index contributed by atoms with van der Waals surface area (Å²) in [6.45, 7) is 7.48. The highest BCUT2D eigenvalue weighted by Gasteiger charge is 2.20. The smallest absolute Gasteiger partial charge is 0.249 e. The molecule has 0 aromatic rings. The zero-order valence-electron chi connectivity index (χ0n) is 16.8. The summed E-state index contributed by atoms with van der Waals surface area (Å²) in [5, 5.41) is 0. The first-order valence-corrected chi connectivity index (χ1v) is 9.71. The number of nitrogens with zero attached hydrogens (tertiary/aromatic N) is 1. The molecular formula is C23H35NO2. The van der Waals surface area contributed by atoms with Gasteiger partial charge in [-0.05, 0) is 58.8 Å². The third kappa shape index (κ3) is 10.0.